The van der Waals surface area contributed by atoms with Crippen molar-refractivity contribution >= 4 is 11.0 Å². The molecule has 2 aliphatic rings. The van der Waals surface area contributed by atoms with Gasteiger partial charge in [0.1, 0.15) is 17.1 Å². The molecule has 1 aliphatic heterocycles. The Bertz CT molecular complexity index is 1080. The quantitative estimate of drug-likeness (QED) is 0.539. The van der Waals surface area contributed by atoms with Gasteiger partial charge in [-0.05, 0) is 41.8 Å². The maximum absolute atomic E-state index is 11.7. The first-order valence-corrected chi connectivity index (χ1v) is 7.95. The van der Waals surface area contributed by atoms with Crippen LogP contribution in [0.25, 0.3) is 33.4 Å². The molecule has 0 fully saturated rings. The summed E-state index contributed by atoms with van der Waals surface area (Å²) in [5.41, 5.74) is 4.74. The lowest BCUT2D eigenvalue weighted by atomic mass is 9.90. The highest BCUT2D eigenvalue weighted by atomic mass is 16.3. The average molecular weight is 316 g/mol. The van der Waals surface area contributed by atoms with Crippen LogP contribution in [0.4, 0.5) is 0 Å². The number of phenols is 1. The van der Waals surface area contributed by atoms with Crippen LogP contribution in [0.2, 0.25) is 0 Å². The molecule has 0 bridgehead atoms. The van der Waals surface area contributed by atoms with Gasteiger partial charge < -0.3 is 9.52 Å². The van der Waals surface area contributed by atoms with Crippen LogP contribution in [0.1, 0.15) is 12.5 Å². The predicted octanol–water partition coefficient (Wildman–Crippen LogP) is 4.83. The van der Waals surface area contributed by atoms with E-state index in [1.807, 2.05) is 24.3 Å². The molecular formula is C21H16O3. The van der Waals surface area contributed by atoms with Crippen molar-refractivity contribution in [3.63, 3.8) is 0 Å². The zero-order valence-corrected chi connectivity index (χ0v) is 13.2. The third kappa shape index (κ3) is 2.26. The molecule has 0 saturated heterocycles. The lowest BCUT2D eigenvalue weighted by Crippen LogP contribution is -2.00. The minimum atomic E-state index is -0.0968. The lowest BCUT2D eigenvalue weighted by molar-refractivity contribution is 0.474. The Morgan fingerprint density at radius 1 is 0.958 bits per heavy atom. The molecule has 118 valence electrons. The summed E-state index contributed by atoms with van der Waals surface area (Å²) in [6.07, 6.45) is 0.906. The molecule has 4 rings (SSSR count). The van der Waals surface area contributed by atoms with Gasteiger partial charge in [0, 0.05) is 28.6 Å². The summed E-state index contributed by atoms with van der Waals surface area (Å²) in [5, 5.41) is 10.7. The Labute approximate surface area is 139 Å². The minimum absolute atomic E-state index is 0.0968. The van der Waals surface area contributed by atoms with Gasteiger partial charge in [-0.1, -0.05) is 31.2 Å². The molecule has 3 heteroatoms. The standard InChI is InChI=1S/C21H16O3/c1-2-13-5-3-4-6-16(13)21-17-9-7-14(22)11-19(17)24-20-12-15(23)8-10-18(20)21/h3-12,22H,2H2,1H3. The number of fused-ring (bicyclic) bond motifs is 2. The highest BCUT2D eigenvalue weighted by Crippen LogP contribution is 2.41. The van der Waals surface area contributed by atoms with E-state index in [1.54, 1.807) is 18.2 Å². The Morgan fingerprint density at radius 3 is 2.62 bits per heavy atom. The normalized spacial score (nSPS) is 11.2. The van der Waals surface area contributed by atoms with E-state index in [4.69, 9.17) is 4.42 Å². The van der Waals surface area contributed by atoms with Gasteiger partial charge in [0.2, 0.25) is 0 Å². The van der Waals surface area contributed by atoms with Crippen LogP contribution in [0.3, 0.4) is 0 Å². The van der Waals surface area contributed by atoms with Gasteiger partial charge in [0.05, 0.1) is 0 Å². The van der Waals surface area contributed by atoms with Crippen molar-refractivity contribution in [2.24, 2.45) is 0 Å². The Balaban J connectivity index is 2.21. The zero-order chi connectivity index (χ0) is 16.7. The first kappa shape index (κ1) is 14.5. The largest absolute Gasteiger partial charge is 0.508 e. The summed E-state index contributed by atoms with van der Waals surface area (Å²) in [6, 6.07) is 18.2. The fraction of sp³-hybridized carbons (Fsp3) is 0.0952. The molecule has 2 aromatic carbocycles. The van der Waals surface area contributed by atoms with Crippen molar-refractivity contribution in [2.75, 3.05) is 0 Å². The molecule has 0 radical (unpaired) electrons. The SMILES string of the molecule is CCc1ccccc1-c1c2ccc(=O)cc-2oc2cc(O)ccc12. The van der Waals surface area contributed by atoms with E-state index in [1.165, 1.54) is 11.6 Å². The summed E-state index contributed by atoms with van der Waals surface area (Å²) < 4.78 is 5.88. The lowest BCUT2D eigenvalue weighted by Gasteiger charge is -2.17. The molecule has 2 aromatic rings. The number of aryl methyl sites for hydroxylation is 1. The summed E-state index contributed by atoms with van der Waals surface area (Å²) in [5.74, 6) is 0.667. The summed E-state index contributed by atoms with van der Waals surface area (Å²) in [7, 11) is 0. The third-order valence-corrected chi connectivity index (χ3v) is 4.34. The van der Waals surface area contributed by atoms with Crippen molar-refractivity contribution in [3.05, 3.63) is 76.5 Å². The van der Waals surface area contributed by atoms with Gasteiger partial charge in [-0.25, -0.2) is 0 Å². The molecule has 0 aromatic heterocycles. The molecule has 0 saturated carbocycles. The molecule has 0 unspecified atom stereocenters. The van der Waals surface area contributed by atoms with E-state index < -0.39 is 0 Å². The van der Waals surface area contributed by atoms with Crippen LogP contribution in [-0.4, -0.2) is 5.11 Å². The van der Waals surface area contributed by atoms with Crippen LogP contribution < -0.4 is 5.43 Å². The van der Waals surface area contributed by atoms with Crippen molar-refractivity contribution in [1.29, 1.82) is 0 Å². The molecular weight excluding hydrogens is 300 g/mol. The van der Waals surface area contributed by atoms with Crippen LogP contribution in [0, 0.1) is 0 Å². The van der Waals surface area contributed by atoms with Crippen LogP contribution >= 0.6 is 0 Å². The Hall–Kier alpha value is -3.07. The second-order valence-corrected chi connectivity index (χ2v) is 5.83. The third-order valence-electron chi connectivity index (χ3n) is 4.34. The topological polar surface area (TPSA) is 50.4 Å². The number of hydrogen-bond acceptors (Lipinski definition) is 3. The molecule has 1 N–H and O–H groups in total. The van der Waals surface area contributed by atoms with Gasteiger partial charge in [-0.3, -0.25) is 4.79 Å². The van der Waals surface area contributed by atoms with E-state index in [0.29, 0.717) is 11.3 Å². The Kier molecular flexibility index (Phi) is 3.35. The second-order valence-electron chi connectivity index (χ2n) is 5.83. The van der Waals surface area contributed by atoms with E-state index in [0.717, 1.165) is 28.5 Å². The van der Waals surface area contributed by atoms with E-state index >= 15 is 0 Å². The van der Waals surface area contributed by atoms with Gasteiger partial charge in [-0.2, -0.15) is 0 Å². The zero-order valence-electron chi connectivity index (χ0n) is 13.2. The summed E-state index contributed by atoms with van der Waals surface area (Å²) in [6.45, 7) is 2.12. The smallest absolute Gasteiger partial charge is 0.182 e. The summed E-state index contributed by atoms with van der Waals surface area (Å²) in [4.78, 5) is 11.7. The number of rotatable bonds is 2. The first-order chi connectivity index (χ1) is 11.7. The van der Waals surface area contributed by atoms with Crippen molar-refractivity contribution in [2.45, 2.75) is 13.3 Å². The fourth-order valence-corrected chi connectivity index (χ4v) is 3.22. The monoisotopic (exact) mass is 316 g/mol. The molecule has 3 nitrogen and oxygen atoms in total. The minimum Gasteiger partial charge on any atom is -0.508 e. The fourth-order valence-electron chi connectivity index (χ4n) is 3.22. The molecule has 24 heavy (non-hydrogen) atoms. The average Bonchev–Trinajstić information content (AvgIpc) is 2.59. The number of phenolic OH excluding ortho intramolecular Hbond substituents is 1. The first-order valence-electron chi connectivity index (χ1n) is 7.95. The van der Waals surface area contributed by atoms with E-state index in [2.05, 4.69) is 19.1 Å². The Morgan fingerprint density at radius 2 is 1.79 bits per heavy atom. The number of aromatic hydroxyl groups is 1. The second kappa shape index (κ2) is 5.53. The van der Waals surface area contributed by atoms with Gasteiger partial charge >= 0.3 is 0 Å². The van der Waals surface area contributed by atoms with Crippen LogP contribution in [-0.2, 0) is 6.42 Å². The number of hydrogen-bond donors (Lipinski definition) is 1. The van der Waals surface area contributed by atoms with Crippen molar-refractivity contribution < 1.29 is 9.52 Å². The molecule has 0 spiro atoms. The molecule has 0 amide bonds. The maximum Gasteiger partial charge on any atom is 0.182 e. The highest BCUT2D eigenvalue weighted by Gasteiger charge is 2.18. The van der Waals surface area contributed by atoms with Gasteiger partial charge in [0.25, 0.3) is 0 Å². The van der Waals surface area contributed by atoms with Crippen LogP contribution in [0.5, 0.6) is 5.75 Å². The molecule has 1 aliphatic carbocycles. The predicted molar refractivity (Wildman–Crippen MR) is 95.6 cm³/mol. The number of benzene rings is 3. The van der Waals surface area contributed by atoms with Crippen molar-refractivity contribution in [3.8, 4) is 28.2 Å². The van der Waals surface area contributed by atoms with Gasteiger partial charge in [0.15, 0.2) is 5.43 Å². The van der Waals surface area contributed by atoms with Crippen LogP contribution in [0.15, 0.2) is 69.9 Å². The van der Waals surface area contributed by atoms with E-state index in [9.17, 15) is 9.90 Å². The summed E-state index contributed by atoms with van der Waals surface area (Å²) >= 11 is 0. The van der Waals surface area contributed by atoms with Crippen molar-refractivity contribution in [1.82, 2.24) is 0 Å². The molecule has 1 heterocycles. The molecule has 0 atom stereocenters. The maximum atomic E-state index is 11.7. The van der Waals surface area contributed by atoms with Gasteiger partial charge in [-0.15, -0.1) is 0 Å². The highest BCUT2D eigenvalue weighted by molar-refractivity contribution is 6.02. The van der Waals surface area contributed by atoms with E-state index in [-0.39, 0.29) is 11.2 Å².